The average molecular weight is 376 g/mol. The highest BCUT2D eigenvalue weighted by molar-refractivity contribution is 5.76. The Morgan fingerprint density at radius 2 is 2.00 bits per heavy atom. The Morgan fingerprint density at radius 3 is 2.67 bits per heavy atom. The van der Waals surface area contributed by atoms with Crippen molar-refractivity contribution in [2.45, 2.75) is 51.4 Å². The van der Waals surface area contributed by atoms with Crippen LogP contribution in [0, 0.1) is 5.92 Å². The lowest BCUT2D eigenvalue weighted by atomic mass is 9.93. The smallest absolute Gasteiger partial charge is 0.220 e. The maximum atomic E-state index is 12.6. The van der Waals surface area contributed by atoms with Gasteiger partial charge in [0.25, 0.3) is 0 Å². The van der Waals surface area contributed by atoms with Crippen molar-refractivity contribution < 1.29 is 19.4 Å². The number of rotatable bonds is 7. The van der Waals surface area contributed by atoms with Crippen molar-refractivity contribution in [1.29, 1.82) is 0 Å². The number of carbonyl (C=O) groups excluding carboxylic acids is 1. The first kappa shape index (κ1) is 20.1. The van der Waals surface area contributed by atoms with Crippen LogP contribution in [-0.4, -0.2) is 60.9 Å². The highest BCUT2D eigenvalue weighted by Crippen LogP contribution is 2.22. The molecule has 1 aromatic carbocycles. The van der Waals surface area contributed by atoms with Crippen molar-refractivity contribution >= 4 is 5.91 Å². The van der Waals surface area contributed by atoms with Crippen LogP contribution < -0.4 is 10.1 Å². The molecular formula is C21H32N2O4. The predicted octanol–water partition coefficient (Wildman–Crippen LogP) is 1.95. The van der Waals surface area contributed by atoms with Crippen LogP contribution >= 0.6 is 0 Å². The SMILES string of the molecule is CCN1CCC(CC(=O)N[C@@H]2CCOC[C@H]2Oc2ccc(CO)cc2)CC1. The molecule has 0 spiro atoms. The normalized spacial score (nSPS) is 24.5. The van der Waals surface area contributed by atoms with Gasteiger partial charge in [-0.25, -0.2) is 0 Å². The van der Waals surface area contributed by atoms with Crippen LogP contribution in [0.4, 0.5) is 0 Å². The van der Waals surface area contributed by atoms with E-state index in [1.54, 1.807) is 0 Å². The Kier molecular flexibility index (Phi) is 7.50. The van der Waals surface area contributed by atoms with Gasteiger partial charge in [-0.1, -0.05) is 19.1 Å². The summed E-state index contributed by atoms with van der Waals surface area (Å²) in [7, 11) is 0. The molecule has 3 rings (SSSR count). The number of ether oxygens (including phenoxy) is 2. The van der Waals surface area contributed by atoms with E-state index in [1.165, 1.54) is 0 Å². The number of likely N-dealkylation sites (tertiary alicyclic amines) is 1. The van der Waals surface area contributed by atoms with Gasteiger partial charge in [0, 0.05) is 13.0 Å². The number of aliphatic hydroxyl groups is 1. The molecule has 27 heavy (non-hydrogen) atoms. The van der Waals surface area contributed by atoms with Gasteiger partial charge in [-0.15, -0.1) is 0 Å². The largest absolute Gasteiger partial charge is 0.486 e. The minimum atomic E-state index is -0.190. The second kappa shape index (κ2) is 10.1. The molecule has 2 heterocycles. The number of nitrogens with one attached hydrogen (secondary N) is 1. The van der Waals surface area contributed by atoms with Crippen molar-refractivity contribution in [2.24, 2.45) is 5.92 Å². The van der Waals surface area contributed by atoms with E-state index in [2.05, 4.69) is 17.1 Å². The molecule has 0 radical (unpaired) electrons. The number of nitrogens with zero attached hydrogens (tertiary/aromatic N) is 1. The molecule has 2 aliphatic rings. The minimum Gasteiger partial charge on any atom is -0.486 e. The zero-order chi connectivity index (χ0) is 19.1. The predicted molar refractivity (Wildman–Crippen MR) is 104 cm³/mol. The lowest BCUT2D eigenvalue weighted by Crippen LogP contribution is -2.51. The van der Waals surface area contributed by atoms with Gasteiger partial charge in [0.15, 0.2) is 0 Å². The lowest BCUT2D eigenvalue weighted by molar-refractivity contribution is -0.125. The quantitative estimate of drug-likeness (QED) is 0.761. The summed E-state index contributed by atoms with van der Waals surface area (Å²) >= 11 is 0. The van der Waals surface area contributed by atoms with E-state index >= 15 is 0 Å². The van der Waals surface area contributed by atoms with Gasteiger partial charge in [-0.2, -0.15) is 0 Å². The lowest BCUT2D eigenvalue weighted by Gasteiger charge is -2.34. The topological polar surface area (TPSA) is 71.0 Å². The third kappa shape index (κ3) is 5.92. The highest BCUT2D eigenvalue weighted by atomic mass is 16.5. The number of piperidine rings is 1. The van der Waals surface area contributed by atoms with Crippen LogP contribution in [-0.2, 0) is 16.1 Å². The van der Waals surface area contributed by atoms with E-state index in [-0.39, 0.29) is 24.7 Å². The molecule has 0 bridgehead atoms. The van der Waals surface area contributed by atoms with Crippen molar-refractivity contribution in [2.75, 3.05) is 32.8 Å². The molecule has 150 valence electrons. The van der Waals surface area contributed by atoms with Crippen LogP contribution in [0.15, 0.2) is 24.3 Å². The molecule has 0 unspecified atom stereocenters. The molecule has 6 heteroatoms. The maximum Gasteiger partial charge on any atom is 0.220 e. The van der Waals surface area contributed by atoms with Crippen LogP contribution in [0.5, 0.6) is 5.75 Å². The van der Waals surface area contributed by atoms with Crippen molar-refractivity contribution in [3.63, 3.8) is 0 Å². The van der Waals surface area contributed by atoms with Crippen molar-refractivity contribution in [3.8, 4) is 5.75 Å². The molecule has 2 aliphatic heterocycles. The standard InChI is InChI=1S/C21H32N2O4/c1-2-23-10-7-16(8-11-23)13-21(25)22-19-9-12-26-15-20(19)27-18-5-3-17(14-24)4-6-18/h3-6,16,19-20,24H,2,7-15H2,1H3,(H,22,25)/t19-,20-/m1/s1. The molecule has 2 fully saturated rings. The number of carbonyl (C=O) groups is 1. The number of aliphatic hydroxyl groups excluding tert-OH is 1. The molecule has 2 N–H and O–H groups in total. The molecule has 2 atom stereocenters. The van der Waals surface area contributed by atoms with E-state index in [0.29, 0.717) is 25.6 Å². The minimum absolute atomic E-state index is 0.0166. The Bertz CT molecular complexity index is 584. The monoisotopic (exact) mass is 376 g/mol. The van der Waals surface area contributed by atoms with Crippen molar-refractivity contribution in [3.05, 3.63) is 29.8 Å². The van der Waals surface area contributed by atoms with Gasteiger partial charge < -0.3 is 24.8 Å². The summed E-state index contributed by atoms with van der Waals surface area (Å²) in [4.78, 5) is 15.0. The second-order valence-corrected chi connectivity index (χ2v) is 7.58. The van der Waals surface area contributed by atoms with Gasteiger partial charge in [-0.05, 0) is 62.5 Å². The first-order chi connectivity index (χ1) is 13.2. The van der Waals surface area contributed by atoms with Gasteiger partial charge >= 0.3 is 0 Å². The molecule has 0 saturated carbocycles. The van der Waals surface area contributed by atoms with Crippen LogP contribution in [0.25, 0.3) is 0 Å². The van der Waals surface area contributed by atoms with Gasteiger partial charge in [0.05, 0.1) is 19.3 Å². The fourth-order valence-corrected chi connectivity index (χ4v) is 3.88. The fourth-order valence-electron chi connectivity index (χ4n) is 3.88. The molecule has 6 nitrogen and oxygen atoms in total. The first-order valence-electron chi connectivity index (χ1n) is 10.1. The number of hydrogen-bond donors (Lipinski definition) is 2. The van der Waals surface area contributed by atoms with Gasteiger partial charge in [-0.3, -0.25) is 4.79 Å². The summed E-state index contributed by atoms with van der Waals surface area (Å²) in [6.45, 7) is 6.62. The molecule has 0 aliphatic carbocycles. The van der Waals surface area contributed by atoms with Crippen LogP contribution in [0.3, 0.4) is 0 Å². The Labute approximate surface area is 161 Å². The van der Waals surface area contributed by atoms with Crippen LogP contribution in [0.1, 0.15) is 38.2 Å². The first-order valence-corrected chi connectivity index (χ1v) is 10.1. The summed E-state index contributed by atoms with van der Waals surface area (Å²) < 4.78 is 11.6. The number of amides is 1. The molecular weight excluding hydrogens is 344 g/mol. The molecule has 1 amide bonds. The zero-order valence-corrected chi connectivity index (χ0v) is 16.2. The van der Waals surface area contributed by atoms with Gasteiger partial charge in [0.2, 0.25) is 5.91 Å². The van der Waals surface area contributed by atoms with Crippen molar-refractivity contribution in [1.82, 2.24) is 10.2 Å². The molecule has 0 aromatic heterocycles. The highest BCUT2D eigenvalue weighted by Gasteiger charge is 2.30. The second-order valence-electron chi connectivity index (χ2n) is 7.58. The maximum absolute atomic E-state index is 12.6. The van der Waals surface area contributed by atoms with E-state index in [0.717, 1.165) is 50.2 Å². The Hall–Kier alpha value is -1.63. The summed E-state index contributed by atoms with van der Waals surface area (Å²) in [5.74, 6) is 1.34. The summed E-state index contributed by atoms with van der Waals surface area (Å²) in [5.41, 5.74) is 0.848. The van der Waals surface area contributed by atoms with E-state index < -0.39 is 0 Å². The summed E-state index contributed by atoms with van der Waals surface area (Å²) in [5, 5.41) is 12.3. The summed E-state index contributed by atoms with van der Waals surface area (Å²) in [6.07, 6.45) is 3.38. The third-order valence-electron chi connectivity index (χ3n) is 5.67. The van der Waals surface area contributed by atoms with Crippen LogP contribution in [0.2, 0.25) is 0 Å². The van der Waals surface area contributed by atoms with E-state index in [1.807, 2.05) is 24.3 Å². The molecule has 1 aromatic rings. The van der Waals surface area contributed by atoms with Gasteiger partial charge in [0.1, 0.15) is 11.9 Å². The third-order valence-corrected chi connectivity index (χ3v) is 5.67. The number of benzene rings is 1. The number of hydrogen-bond acceptors (Lipinski definition) is 5. The summed E-state index contributed by atoms with van der Waals surface area (Å²) in [6, 6.07) is 7.35. The Morgan fingerprint density at radius 1 is 1.26 bits per heavy atom. The fraction of sp³-hybridized carbons (Fsp3) is 0.667. The van der Waals surface area contributed by atoms with E-state index in [9.17, 15) is 4.79 Å². The average Bonchev–Trinajstić information content (AvgIpc) is 2.70. The molecule has 2 saturated heterocycles. The zero-order valence-electron chi connectivity index (χ0n) is 16.2. The Balaban J connectivity index is 1.49. The van der Waals surface area contributed by atoms with E-state index in [4.69, 9.17) is 14.6 Å².